The van der Waals surface area contributed by atoms with Gasteiger partial charge < -0.3 is 0 Å². The van der Waals surface area contributed by atoms with Crippen LogP contribution in [0.1, 0.15) is 37.7 Å². The largest absolute Gasteiger partial charge is 0.272 e. The number of carbonyl (C=O) groups is 1. The van der Waals surface area contributed by atoms with Crippen molar-refractivity contribution in [1.29, 1.82) is 0 Å². The molecule has 0 spiro atoms. The molecule has 0 heterocycles. The highest BCUT2D eigenvalue weighted by Crippen LogP contribution is 2.24. The number of hydrazone groups is 1. The fraction of sp³-hybridized carbons (Fsp3) is 0.500. The first-order valence-electron chi connectivity index (χ1n) is 8.02. The van der Waals surface area contributed by atoms with Crippen molar-refractivity contribution in [3.8, 4) is 0 Å². The van der Waals surface area contributed by atoms with Crippen LogP contribution in [0.3, 0.4) is 0 Å². The van der Waals surface area contributed by atoms with E-state index < -0.39 is 15.9 Å². The number of carbonyl (C=O) groups excluding carboxylic acids is 1. The molecule has 0 unspecified atom stereocenters. The summed E-state index contributed by atoms with van der Waals surface area (Å²) in [4.78, 5) is 12.1. The van der Waals surface area contributed by atoms with Gasteiger partial charge in [0.25, 0.3) is 5.91 Å². The third-order valence-corrected chi connectivity index (χ3v) is 6.03. The van der Waals surface area contributed by atoms with Crippen molar-refractivity contribution in [3.05, 3.63) is 33.8 Å². The minimum atomic E-state index is -3.47. The highest BCUT2D eigenvalue weighted by Gasteiger charge is 2.29. The number of amides is 1. The fourth-order valence-corrected chi connectivity index (χ4v) is 4.47. The first-order valence-corrected chi connectivity index (χ1v) is 10.6. The maximum Gasteiger partial charge on any atom is 0.255 e. The molecule has 2 rings (SSSR count). The average Bonchev–Trinajstić information content (AvgIpc) is 2.55. The highest BCUT2D eigenvalue weighted by atomic mass is 35.5. The molecule has 0 aromatic heterocycles. The number of hydrogen-bond donors (Lipinski definition) is 1. The molecular weight excluding hydrogens is 385 g/mol. The molecule has 6 nitrogen and oxygen atoms in total. The first kappa shape index (κ1) is 20.2. The standard InChI is InChI=1S/C16H21Cl2N3O3S/c1-25(23,24)21(12-6-3-2-4-7-12)11-16(22)20-19-10-13-14(17)8-5-9-15(13)18/h5,8-10,12H,2-4,6-7,11H2,1H3,(H,20,22)/b19-10+. The van der Waals surface area contributed by atoms with E-state index >= 15 is 0 Å². The van der Waals surface area contributed by atoms with Crippen molar-refractivity contribution in [1.82, 2.24) is 9.73 Å². The van der Waals surface area contributed by atoms with Crippen LogP contribution in [0.25, 0.3) is 0 Å². The molecule has 0 atom stereocenters. The summed E-state index contributed by atoms with van der Waals surface area (Å²) in [5.41, 5.74) is 2.82. The molecule has 0 radical (unpaired) electrons. The van der Waals surface area contributed by atoms with Crippen molar-refractivity contribution in [2.75, 3.05) is 12.8 Å². The number of benzene rings is 1. The third-order valence-electron chi connectivity index (χ3n) is 4.09. The fourth-order valence-electron chi connectivity index (χ4n) is 2.87. The van der Waals surface area contributed by atoms with Gasteiger partial charge >= 0.3 is 0 Å². The monoisotopic (exact) mass is 405 g/mol. The zero-order chi connectivity index (χ0) is 18.4. The lowest BCUT2D eigenvalue weighted by atomic mass is 9.95. The van der Waals surface area contributed by atoms with Gasteiger partial charge in [0.05, 0.1) is 29.1 Å². The summed E-state index contributed by atoms with van der Waals surface area (Å²) in [5, 5.41) is 4.64. The van der Waals surface area contributed by atoms with Gasteiger partial charge in [0.2, 0.25) is 10.0 Å². The molecule has 1 fully saturated rings. The molecule has 1 saturated carbocycles. The van der Waals surface area contributed by atoms with Gasteiger partial charge in [0.15, 0.2) is 0 Å². The van der Waals surface area contributed by atoms with E-state index in [-0.39, 0.29) is 12.6 Å². The molecule has 138 valence electrons. The second-order valence-corrected chi connectivity index (χ2v) is 8.78. The number of hydrogen-bond acceptors (Lipinski definition) is 4. The maximum absolute atomic E-state index is 12.1. The van der Waals surface area contributed by atoms with E-state index in [2.05, 4.69) is 10.5 Å². The molecule has 1 aromatic carbocycles. The minimum Gasteiger partial charge on any atom is -0.272 e. The summed E-state index contributed by atoms with van der Waals surface area (Å²) >= 11 is 12.0. The zero-order valence-corrected chi connectivity index (χ0v) is 16.2. The van der Waals surface area contributed by atoms with Crippen LogP contribution in [-0.4, -0.2) is 43.7 Å². The number of nitrogens with zero attached hydrogens (tertiary/aromatic N) is 2. The number of halogens is 2. The lowest BCUT2D eigenvalue weighted by Crippen LogP contribution is -2.45. The Labute approximate surface area is 158 Å². The SMILES string of the molecule is CS(=O)(=O)N(CC(=O)N/N=C/c1c(Cl)cccc1Cl)C1CCCCC1. The Morgan fingerprint density at radius 2 is 1.88 bits per heavy atom. The molecule has 1 aliphatic carbocycles. The molecule has 0 bridgehead atoms. The predicted octanol–water partition coefficient (Wildman–Crippen LogP) is 3.04. The lowest BCUT2D eigenvalue weighted by Gasteiger charge is -2.31. The van der Waals surface area contributed by atoms with Crippen LogP contribution in [0.15, 0.2) is 23.3 Å². The minimum absolute atomic E-state index is 0.128. The summed E-state index contributed by atoms with van der Waals surface area (Å²) in [6.45, 7) is -0.253. The van der Waals surface area contributed by atoms with Gasteiger partial charge in [-0.25, -0.2) is 13.8 Å². The van der Waals surface area contributed by atoms with Crippen molar-refractivity contribution in [3.63, 3.8) is 0 Å². The second kappa shape index (κ2) is 8.98. The van der Waals surface area contributed by atoms with Gasteiger partial charge in [-0.15, -0.1) is 0 Å². The zero-order valence-electron chi connectivity index (χ0n) is 13.9. The van der Waals surface area contributed by atoms with Crippen LogP contribution in [-0.2, 0) is 14.8 Å². The van der Waals surface area contributed by atoms with Crippen LogP contribution in [0, 0.1) is 0 Å². The third kappa shape index (κ3) is 5.95. The van der Waals surface area contributed by atoms with Crippen molar-refractivity contribution in [2.24, 2.45) is 5.10 Å². The molecule has 0 saturated heterocycles. The Bertz CT molecular complexity index is 727. The molecule has 25 heavy (non-hydrogen) atoms. The van der Waals surface area contributed by atoms with Crippen LogP contribution >= 0.6 is 23.2 Å². The molecule has 1 amide bonds. The molecule has 1 N–H and O–H groups in total. The van der Waals surface area contributed by atoms with Crippen LogP contribution < -0.4 is 5.43 Å². The van der Waals surface area contributed by atoms with E-state index in [1.54, 1.807) is 18.2 Å². The lowest BCUT2D eigenvalue weighted by molar-refractivity contribution is -0.121. The van der Waals surface area contributed by atoms with Crippen molar-refractivity contribution < 1.29 is 13.2 Å². The Morgan fingerprint density at radius 1 is 1.28 bits per heavy atom. The van der Waals surface area contributed by atoms with Gasteiger partial charge in [-0.1, -0.05) is 48.5 Å². The molecule has 9 heteroatoms. The van der Waals surface area contributed by atoms with E-state index in [1.165, 1.54) is 10.5 Å². The quantitative estimate of drug-likeness (QED) is 0.583. The summed E-state index contributed by atoms with van der Waals surface area (Å²) in [6, 6.07) is 4.89. The molecule has 1 aliphatic rings. The van der Waals surface area contributed by atoms with Gasteiger partial charge in [-0.05, 0) is 25.0 Å². The van der Waals surface area contributed by atoms with Gasteiger partial charge in [-0.3, -0.25) is 4.79 Å². The molecule has 1 aromatic rings. The van der Waals surface area contributed by atoms with E-state index in [9.17, 15) is 13.2 Å². The normalized spacial score (nSPS) is 16.5. The van der Waals surface area contributed by atoms with E-state index in [1.807, 2.05) is 0 Å². The smallest absolute Gasteiger partial charge is 0.255 e. The Kier molecular flexibility index (Phi) is 7.25. The second-order valence-electron chi connectivity index (χ2n) is 6.03. The Balaban J connectivity index is 2.00. The van der Waals surface area contributed by atoms with Gasteiger partial charge in [0, 0.05) is 11.6 Å². The van der Waals surface area contributed by atoms with Crippen LogP contribution in [0.2, 0.25) is 10.0 Å². The van der Waals surface area contributed by atoms with Crippen molar-refractivity contribution >= 4 is 45.3 Å². The predicted molar refractivity (Wildman–Crippen MR) is 101 cm³/mol. The number of sulfonamides is 1. The topological polar surface area (TPSA) is 78.8 Å². The highest BCUT2D eigenvalue weighted by molar-refractivity contribution is 7.88. The van der Waals surface area contributed by atoms with Gasteiger partial charge in [-0.2, -0.15) is 9.41 Å². The summed E-state index contributed by atoms with van der Waals surface area (Å²) in [5.74, 6) is -0.504. The summed E-state index contributed by atoms with van der Waals surface area (Å²) < 4.78 is 25.3. The van der Waals surface area contributed by atoms with Gasteiger partial charge in [0.1, 0.15) is 0 Å². The van der Waals surface area contributed by atoms with Crippen molar-refractivity contribution in [2.45, 2.75) is 38.1 Å². The number of rotatable bonds is 6. The van der Waals surface area contributed by atoms with Crippen LogP contribution in [0.4, 0.5) is 0 Å². The number of nitrogens with one attached hydrogen (secondary N) is 1. The molecule has 0 aliphatic heterocycles. The first-order chi connectivity index (χ1) is 11.8. The summed E-state index contributed by atoms with van der Waals surface area (Å²) in [6.07, 6.45) is 7.07. The Hall–Kier alpha value is -1.15. The maximum atomic E-state index is 12.1. The van der Waals surface area contributed by atoms with E-state index in [0.717, 1.165) is 38.4 Å². The van der Waals surface area contributed by atoms with E-state index in [0.29, 0.717) is 15.6 Å². The Morgan fingerprint density at radius 3 is 2.44 bits per heavy atom. The van der Waals surface area contributed by atoms with E-state index in [4.69, 9.17) is 23.2 Å². The average molecular weight is 406 g/mol. The van der Waals surface area contributed by atoms with Crippen LogP contribution in [0.5, 0.6) is 0 Å². The summed E-state index contributed by atoms with van der Waals surface area (Å²) in [7, 11) is -3.47. The molecular formula is C16H21Cl2N3O3S.